The van der Waals surface area contributed by atoms with Gasteiger partial charge in [0.1, 0.15) is 0 Å². The number of hydrogen-bond donors (Lipinski definition) is 2. The SMILES string of the molecule is Cl.Clc1ccc(-c2cc(N3CCNCC3)n[nH]2)cc1. The van der Waals surface area contributed by atoms with E-state index in [-0.39, 0.29) is 12.4 Å². The molecule has 1 aliphatic rings. The maximum absolute atomic E-state index is 5.89. The molecule has 102 valence electrons. The highest BCUT2D eigenvalue weighted by atomic mass is 35.5. The van der Waals surface area contributed by atoms with Crippen LogP contribution in [0.4, 0.5) is 5.82 Å². The lowest BCUT2D eigenvalue weighted by Crippen LogP contribution is -2.43. The van der Waals surface area contributed by atoms with Gasteiger partial charge in [-0.15, -0.1) is 12.4 Å². The Labute approximate surface area is 123 Å². The highest BCUT2D eigenvalue weighted by Gasteiger charge is 2.13. The predicted molar refractivity (Wildman–Crippen MR) is 81.4 cm³/mol. The molecule has 6 heteroatoms. The Morgan fingerprint density at radius 3 is 2.47 bits per heavy atom. The third kappa shape index (κ3) is 3.21. The van der Waals surface area contributed by atoms with Crippen molar-refractivity contribution >= 4 is 29.8 Å². The van der Waals surface area contributed by atoms with Crippen LogP contribution in [0, 0.1) is 0 Å². The summed E-state index contributed by atoms with van der Waals surface area (Å²) in [5.74, 6) is 1.02. The molecule has 0 spiro atoms. The van der Waals surface area contributed by atoms with Crippen molar-refractivity contribution in [1.82, 2.24) is 15.5 Å². The molecular weight excluding hydrogens is 283 g/mol. The summed E-state index contributed by atoms with van der Waals surface area (Å²) in [5, 5.41) is 11.5. The molecule has 0 saturated carbocycles. The van der Waals surface area contributed by atoms with Crippen molar-refractivity contribution in [1.29, 1.82) is 0 Å². The summed E-state index contributed by atoms with van der Waals surface area (Å²) in [5.41, 5.74) is 2.13. The lowest BCUT2D eigenvalue weighted by Gasteiger charge is -2.26. The van der Waals surface area contributed by atoms with Gasteiger partial charge in [0.15, 0.2) is 5.82 Å². The van der Waals surface area contributed by atoms with E-state index in [9.17, 15) is 0 Å². The average molecular weight is 299 g/mol. The normalized spacial score (nSPS) is 15.1. The molecule has 3 rings (SSSR count). The Bertz CT molecular complexity index is 518. The van der Waals surface area contributed by atoms with Crippen molar-refractivity contribution in [2.24, 2.45) is 0 Å². The topological polar surface area (TPSA) is 44.0 Å². The van der Waals surface area contributed by atoms with Crippen LogP contribution < -0.4 is 10.2 Å². The van der Waals surface area contributed by atoms with Gasteiger partial charge >= 0.3 is 0 Å². The van der Waals surface area contributed by atoms with Crippen molar-refractivity contribution in [3.63, 3.8) is 0 Å². The first-order chi connectivity index (χ1) is 8.83. The lowest BCUT2D eigenvalue weighted by atomic mass is 10.1. The largest absolute Gasteiger partial charge is 0.353 e. The van der Waals surface area contributed by atoms with Crippen LogP contribution in [0.1, 0.15) is 0 Å². The number of aromatic amines is 1. The van der Waals surface area contributed by atoms with Crippen LogP contribution in [-0.4, -0.2) is 36.4 Å². The van der Waals surface area contributed by atoms with Crippen molar-refractivity contribution in [3.05, 3.63) is 35.4 Å². The first kappa shape index (κ1) is 14.2. The molecule has 1 fully saturated rings. The number of hydrogen-bond acceptors (Lipinski definition) is 3. The molecular formula is C13H16Cl2N4. The highest BCUT2D eigenvalue weighted by molar-refractivity contribution is 6.30. The summed E-state index contributed by atoms with van der Waals surface area (Å²) in [4.78, 5) is 2.28. The third-order valence-corrected chi connectivity index (χ3v) is 3.41. The summed E-state index contributed by atoms with van der Waals surface area (Å²) in [6.45, 7) is 4.04. The molecule has 0 unspecified atom stereocenters. The summed E-state index contributed by atoms with van der Waals surface area (Å²) < 4.78 is 0. The molecule has 0 atom stereocenters. The van der Waals surface area contributed by atoms with Gasteiger partial charge in [-0.3, -0.25) is 5.10 Å². The van der Waals surface area contributed by atoms with E-state index in [0.29, 0.717) is 0 Å². The number of piperazine rings is 1. The third-order valence-electron chi connectivity index (χ3n) is 3.16. The van der Waals surface area contributed by atoms with E-state index in [1.807, 2.05) is 24.3 Å². The van der Waals surface area contributed by atoms with Gasteiger partial charge in [-0.25, -0.2) is 0 Å². The number of halogens is 2. The van der Waals surface area contributed by atoms with Gasteiger partial charge in [0, 0.05) is 37.3 Å². The first-order valence-corrected chi connectivity index (χ1v) is 6.48. The molecule has 0 amide bonds. The molecule has 1 aliphatic heterocycles. The second kappa shape index (κ2) is 6.28. The van der Waals surface area contributed by atoms with Gasteiger partial charge < -0.3 is 10.2 Å². The first-order valence-electron chi connectivity index (χ1n) is 6.10. The van der Waals surface area contributed by atoms with E-state index >= 15 is 0 Å². The van der Waals surface area contributed by atoms with Crippen LogP contribution in [0.2, 0.25) is 5.02 Å². The Hall–Kier alpha value is -1.23. The highest BCUT2D eigenvalue weighted by Crippen LogP contribution is 2.23. The number of rotatable bonds is 2. The van der Waals surface area contributed by atoms with Crippen molar-refractivity contribution < 1.29 is 0 Å². The standard InChI is InChI=1S/C13H15ClN4.ClH/c14-11-3-1-10(2-4-11)12-9-13(17-16-12)18-7-5-15-6-8-18;/h1-4,9,15H,5-8H2,(H,16,17);1H. The average Bonchev–Trinajstić information content (AvgIpc) is 2.90. The zero-order valence-corrected chi connectivity index (χ0v) is 12.0. The minimum absolute atomic E-state index is 0. The number of benzene rings is 1. The minimum Gasteiger partial charge on any atom is -0.353 e. The number of H-pyrrole nitrogens is 1. The summed E-state index contributed by atoms with van der Waals surface area (Å²) >= 11 is 5.89. The number of anilines is 1. The molecule has 2 heterocycles. The molecule has 1 aromatic heterocycles. The van der Waals surface area contributed by atoms with Crippen LogP contribution >= 0.6 is 24.0 Å². The number of aromatic nitrogens is 2. The van der Waals surface area contributed by atoms with Gasteiger partial charge in [-0.2, -0.15) is 5.10 Å². The molecule has 0 bridgehead atoms. The Kier molecular flexibility index (Phi) is 4.69. The van der Waals surface area contributed by atoms with Crippen molar-refractivity contribution in [2.75, 3.05) is 31.1 Å². The van der Waals surface area contributed by atoms with Gasteiger partial charge in [0.2, 0.25) is 0 Å². The van der Waals surface area contributed by atoms with E-state index in [0.717, 1.165) is 48.3 Å². The summed E-state index contributed by atoms with van der Waals surface area (Å²) in [6.07, 6.45) is 0. The quantitative estimate of drug-likeness (QED) is 0.896. The smallest absolute Gasteiger partial charge is 0.151 e. The van der Waals surface area contributed by atoms with Crippen molar-refractivity contribution in [3.8, 4) is 11.3 Å². The maximum Gasteiger partial charge on any atom is 0.151 e. The number of nitrogens with one attached hydrogen (secondary N) is 2. The molecule has 1 aromatic carbocycles. The lowest BCUT2D eigenvalue weighted by molar-refractivity contribution is 0.584. The van der Waals surface area contributed by atoms with Crippen LogP contribution in [0.15, 0.2) is 30.3 Å². The van der Waals surface area contributed by atoms with E-state index in [1.54, 1.807) is 0 Å². The predicted octanol–water partition coefficient (Wildman–Crippen LogP) is 2.56. The van der Waals surface area contributed by atoms with Crippen LogP contribution in [-0.2, 0) is 0 Å². The molecule has 2 N–H and O–H groups in total. The zero-order valence-electron chi connectivity index (χ0n) is 10.4. The second-order valence-corrected chi connectivity index (χ2v) is 4.82. The van der Waals surface area contributed by atoms with Gasteiger partial charge in [0.05, 0.1) is 5.69 Å². The molecule has 2 aromatic rings. The van der Waals surface area contributed by atoms with Crippen LogP contribution in [0.25, 0.3) is 11.3 Å². The fourth-order valence-electron chi connectivity index (χ4n) is 2.14. The molecule has 0 aliphatic carbocycles. The number of nitrogens with zero attached hydrogens (tertiary/aromatic N) is 2. The Morgan fingerprint density at radius 2 is 1.79 bits per heavy atom. The minimum atomic E-state index is 0. The molecule has 4 nitrogen and oxygen atoms in total. The maximum atomic E-state index is 5.89. The van der Waals surface area contributed by atoms with Crippen LogP contribution in [0.5, 0.6) is 0 Å². The Morgan fingerprint density at radius 1 is 1.11 bits per heavy atom. The molecule has 0 radical (unpaired) electrons. The Balaban J connectivity index is 0.00000133. The zero-order chi connectivity index (χ0) is 12.4. The van der Waals surface area contributed by atoms with Gasteiger partial charge in [-0.1, -0.05) is 23.7 Å². The van der Waals surface area contributed by atoms with Gasteiger partial charge in [-0.05, 0) is 17.7 Å². The second-order valence-electron chi connectivity index (χ2n) is 4.38. The van der Waals surface area contributed by atoms with Crippen LogP contribution in [0.3, 0.4) is 0 Å². The fourth-order valence-corrected chi connectivity index (χ4v) is 2.27. The summed E-state index contributed by atoms with van der Waals surface area (Å²) in [6, 6.07) is 9.87. The van der Waals surface area contributed by atoms with E-state index < -0.39 is 0 Å². The van der Waals surface area contributed by atoms with E-state index in [2.05, 4.69) is 26.5 Å². The van der Waals surface area contributed by atoms with E-state index in [1.165, 1.54) is 0 Å². The molecule has 19 heavy (non-hydrogen) atoms. The van der Waals surface area contributed by atoms with Gasteiger partial charge in [0.25, 0.3) is 0 Å². The van der Waals surface area contributed by atoms with Crippen molar-refractivity contribution in [2.45, 2.75) is 0 Å². The monoisotopic (exact) mass is 298 g/mol. The van der Waals surface area contributed by atoms with E-state index in [4.69, 9.17) is 11.6 Å². The molecule has 1 saturated heterocycles. The summed E-state index contributed by atoms with van der Waals surface area (Å²) in [7, 11) is 0. The fraction of sp³-hybridized carbons (Fsp3) is 0.308.